The van der Waals surface area contributed by atoms with E-state index in [1.165, 1.54) is 0 Å². The minimum atomic E-state index is -0.498. The lowest BCUT2D eigenvalue weighted by Gasteiger charge is -2.28. The molecule has 0 aliphatic carbocycles. The molecule has 144 valence electrons. The molecule has 2 amide bonds. The summed E-state index contributed by atoms with van der Waals surface area (Å²) in [7, 11) is 1.59. The van der Waals surface area contributed by atoms with Gasteiger partial charge in [-0.3, -0.25) is 9.59 Å². The van der Waals surface area contributed by atoms with Gasteiger partial charge in [-0.2, -0.15) is 0 Å². The van der Waals surface area contributed by atoms with E-state index in [-0.39, 0.29) is 11.8 Å². The lowest BCUT2D eigenvalue weighted by atomic mass is 10.1. The Kier molecular flexibility index (Phi) is 8.69. The topological polar surface area (TPSA) is 49.4 Å². The molecule has 1 N–H and O–H groups in total. The van der Waals surface area contributed by atoms with Crippen LogP contribution < -0.4 is 5.32 Å². The second-order valence-corrected chi connectivity index (χ2v) is 7.65. The Morgan fingerprint density at radius 3 is 2.37 bits per heavy atom. The molecule has 0 aliphatic rings. The van der Waals surface area contributed by atoms with Gasteiger partial charge in [-0.25, -0.2) is 0 Å². The molecule has 2 aromatic carbocycles. The molecule has 0 heterocycles. The number of halogens is 1. The fourth-order valence-electron chi connectivity index (χ4n) is 2.70. The molecule has 0 saturated heterocycles. The van der Waals surface area contributed by atoms with E-state index < -0.39 is 6.04 Å². The number of likely N-dealkylation sites (N-methyl/N-ethyl adjacent to an activating group) is 1. The second-order valence-electron chi connectivity index (χ2n) is 6.23. The van der Waals surface area contributed by atoms with Crippen LogP contribution in [0.25, 0.3) is 0 Å². The van der Waals surface area contributed by atoms with Crippen LogP contribution in [0.2, 0.25) is 5.02 Å². The van der Waals surface area contributed by atoms with Crippen molar-refractivity contribution in [2.24, 2.45) is 0 Å². The third-order valence-corrected chi connectivity index (χ3v) is 5.55. The molecule has 27 heavy (non-hydrogen) atoms. The lowest BCUT2D eigenvalue weighted by molar-refractivity contribution is -0.137. The summed E-state index contributed by atoms with van der Waals surface area (Å²) >= 11 is 7.44. The van der Waals surface area contributed by atoms with Gasteiger partial charge in [0.05, 0.1) is 5.75 Å². The smallest absolute Gasteiger partial charge is 0.242 e. The molecular formula is C21H25ClN2O2S. The Hall–Kier alpha value is -1.98. The van der Waals surface area contributed by atoms with E-state index in [4.69, 9.17) is 11.6 Å². The average Bonchev–Trinajstić information content (AvgIpc) is 2.69. The number of carbonyl (C=O) groups excluding carboxylic acids is 2. The van der Waals surface area contributed by atoms with E-state index in [1.807, 2.05) is 54.6 Å². The highest BCUT2D eigenvalue weighted by atomic mass is 35.5. The average molecular weight is 405 g/mol. The van der Waals surface area contributed by atoms with Gasteiger partial charge in [-0.15, -0.1) is 11.8 Å². The molecule has 0 aliphatic heterocycles. The Labute approximate surface area is 170 Å². The van der Waals surface area contributed by atoms with E-state index in [0.717, 1.165) is 23.3 Å². The zero-order valence-corrected chi connectivity index (χ0v) is 17.2. The third-order valence-electron chi connectivity index (χ3n) is 4.31. The van der Waals surface area contributed by atoms with Crippen molar-refractivity contribution < 1.29 is 9.59 Å². The van der Waals surface area contributed by atoms with Crippen LogP contribution in [-0.2, 0) is 21.8 Å². The van der Waals surface area contributed by atoms with E-state index in [0.29, 0.717) is 17.3 Å². The fraction of sp³-hybridized carbons (Fsp3) is 0.333. The number of amides is 2. The molecule has 6 heteroatoms. The summed E-state index contributed by atoms with van der Waals surface area (Å²) in [6.07, 6.45) is 0.718. The van der Waals surface area contributed by atoms with Crippen molar-refractivity contribution in [3.63, 3.8) is 0 Å². The minimum absolute atomic E-state index is 0.0269. The molecule has 0 aromatic heterocycles. The van der Waals surface area contributed by atoms with Crippen molar-refractivity contribution in [3.8, 4) is 0 Å². The molecule has 0 fully saturated rings. The van der Waals surface area contributed by atoms with Gasteiger partial charge in [-0.05, 0) is 36.6 Å². The largest absolute Gasteiger partial charge is 0.357 e. The zero-order valence-electron chi connectivity index (χ0n) is 15.7. The first-order chi connectivity index (χ1) is 13.0. The Balaban J connectivity index is 1.94. The van der Waals surface area contributed by atoms with E-state index in [2.05, 4.69) is 5.32 Å². The SMILES string of the molecule is CNC(=O)[C@H](C)N(CCc1ccccc1)C(=O)CSCc1ccc(Cl)cc1. The summed E-state index contributed by atoms with van der Waals surface area (Å²) in [6.45, 7) is 2.28. The predicted octanol–water partition coefficient (Wildman–Crippen LogP) is 3.78. The van der Waals surface area contributed by atoms with Crippen molar-refractivity contribution in [1.29, 1.82) is 0 Å². The first kappa shape index (κ1) is 21.3. The van der Waals surface area contributed by atoms with E-state index in [1.54, 1.807) is 30.6 Å². The summed E-state index contributed by atoms with van der Waals surface area (Å²) in [4.78, 5) is 26.5. The highest BCUT2D eigenvalue weighted by molar-refractivity contribution is 7.99. The number of nitrogens with one attached hydrogen (secondary N) is 1. The summed E-state index contributed by atoms with van der Waals surface area (Å²) in [6, 6.07) is 17.1. The van der Waals surface area contributed by atoms with Crippen LogP contribution in [-0.4, -0.2) is 42.1 Å². The fourth-order valence-corrected chi connectivity index (χ4v) is 3.70. The second kappa shape index (κ2) is 11.0. The molecule has 0 spiro atoms. The van der Waals surface area contributed by atoms with Crippen LogP contribution in [0.15, 0.2) is 54.6 Å². The molecule has 1 atom stereocenters. The van der Waals surface area contributed by atoms with Crippen molar-refractivity contribution >= 4 is 35.2 Å². The molecular weight excluding hydrogens is 380 g/mol. The number of rotatable bonds is 9. The Bertz CT molecular complexity index is 738. The first-order valence-electron chi connectivity index (χ1n) is 8.88. The van der Waals surface area contributed by atoms with Crippen LogP contribution in [0.3, 0.4) is 0 Å². The number of carbonyl (C=O) groups is 2. The van der Waals surface area contributed by atoms with Gasteiger partial charge in [0.25, 0.3) is 0 Å². The molecule has 0 radical (unpaired) electrons. The van der Waals surface area contributed by atoms with Gasteiger partial charge >= 0.3 is 0 Å². The minimum Gasteiger partial charge on any atom is -0.357 e. The molecule has 0 bridgehead atoms. The molecule has 0 saturated carbocycles. The highest BCUT2D eigenvalue weighted by Gasteiger charge is 2.24. The monoisotopic (exact) mass is 404 g/mol. The van der Waals surface area contributed by atoms with Crippen LogP contribution in [0.1, 0.15) is 18.1 Å². The molecule has 4 nitrogen and oxygen atoms in total. The van der Waals surface area contributed by atoms with Crippen LogP contribution in [0.5, 0.6) is 0 Å². The van der Waals surface area contributed by atoms with Gasteiger partial charge in [-0.1, -0.05) is 54.1 Å². The van der Waals surface area contributed by atoms with Crippen LogP contribution in [0, 0.1) is 0 Å². The standard InChI is InChI=1S/C21H25ClN2O2S/c1-16(21(26)23-2)24(13-12-17-6-4-3-5-7-17)20(25)15-27-14-18-8-10-19(22)11-9-18/h3-11,16H,12-15H2,1-2H3,(H,23,26)/t16-/m0/s1. The normalized spacial score (nSPS) is 11.7. The van der Waals surface area contributed by atoms with Gasteiger partial charge in [0, 0.05) is 24.4 Å². The maximum atomic E-state index is 12.8. The van der Waals surface area contributed by atoms with Crippen molar-refractivity contribution in [2.75, 3.05) is 19.3 Å². The summed E-state index contributed by atoms with van der Waals surface area (Å²) in [5.41, 5.74) is 2.26. The predicted molar refractivity (Wildman–Crippen MR) is 113 cm³/mol. The van der Waals surface area contributed by atoms with Gasteiger partial charge in [0.15, 0.2) is 0 Å². The maximum absolute atomic E-state index is 12.8. The van der Waals surface area contributed by atoms with E-state index >= 15 is 0 Å². The third kappa shape index (κ3) is 6.92. The lowest BCUT2D eigenvalue weighted by Crippen LogP contribution is -2.48. The van der Waals surface area contributed by atoms with Crippen molar-refractivity contribution in [3.05, 3.63) is 70.7 Å². The molecule has 2 aromatic rings. The number of hydrogen-bond acceptors (Lipinski definition) is 3. The quantitative estimate of drug-likeness (QED) is 0.691. The maximum Gasteiger partial charge on any atom is 0.242 e. The first-order valence-corrected chi connectivity index (χ1v) is 10.4. The van der Waals surface area contributed by atoms with Gasteiger partial charge in [0.2, 0.25) is 11.8 Å². The Morgan fingerprint density at radius 2 is 1.74 bits per heavy atom. The van der Waals surface area contributed by atoms with Crippen LogP contribution >= 0.6 is 23.4 Å². The van der Waals surface area contributed by atoms with Gasteiger partial charge < -0.3 is 10.2 Å². The summed E-state index contributed by atoms with van der Waals surface area (Å²) in [5, 5.41) is 3.33. The summed E-state index contributed by atoms with van der Waals surface area (Å²) < 4.78 is 0. The van der Waals surface area contributed by atoms with E-state index in [9.17, 15) is 9.59 Å². The summed E-state index contributed by atoms with van der Waals surface area (Å²) in [5.74, 6) is 0.878. The number of nitrogens with zero attached hydrogens (tertiary/aromatic N) is 1. The van der Waals surface area contributed by atoms with Gasteiger partial charge in [0.1, 0.15) is 6.04 Å². The van der Waals surface area contributed by atoms with Crippen molar-refractivity contribution in [1.82, 2.24) is 10.2 Å². The molecule has 0 unspecified atom stereocenters. The number of hydrogen-bond donors (Lipinski definition) is 1. The van der Waals surface area contributed by atoms with Crippen molar-refractivity contribution in [2.45, 2.75) is 25.1 Å². The number of benzene rings is 2. The van der Waals surface area contributed by atoms with Crippen LogP contribution in [0.4, 0.5) is 0 Å². The molecule has 2 rings (SSSR count). The zero-order chi connectivity index (χ0) is 19.6. The Morgan fingerprint density at radius 1 is 1.07 bits per heavy atom. The highest BCUT2D eigenvalue weighted by Crippen LogP contribution is 2.17. The number of thioether (sulfide) groups is 1.